The van der Waals surface area contributed by atoms with Crippen LogP contribution in [0.2, 0.25) is 5.02 Å². The highest BCUT2D eigenvalue weighted by molar-refractivity contribution is 6.32. The van der Waals surface area contributed by atoms with E-state index in [1.165, 1.54) is 0 Å². The Balaban J connectivity index is 2.34. The number of anilines is 1. The second kappa shape index (κ2) is 3.96. The number of hydrogen-bond acceptors (Lipinski definition) is 4. The highest BCUT2D eigenvalue weighted by Gasteiger charge is 2.12. The van der Waals surface area contributed by atoms with Crippen molar-refractivity contribution in [2.75, 3.05) is 5.73 Å². The van der Waals surface area contributed by atoms with Gasteiger partial charge in [-0.3, -0.25) is 0 Å². The van der Waals surface area contributed by atoms with E-state index in [0.29, 0.717) is 22.3 Å². The van der Waals surface area contributed by atoms with Crippen LogP contribution >= 0.6 is 11.6 Å². The fourth-order valence-electron chi connectivity index (χ4n) is 1.84. The summed E-state index contributed by atoms with van der Waals surface area (Å²) in [6.45, 7) is 1.79. The first kappa shape index (κ1) is 11.0. The molecule has 2 N–H and O–H groups in total. The standard InChI is InChI=1S/C12H10ClN5/c1-7-16-11(14)8-6-15-18(12(8)17-7)10-5-3-2-4-9(10)13/h2-6H,1H3,(H2,14,16,17). The van der Waals surface area contributed by atoms with Gasteiger partial charge in [-0.1, -0.05) is 23.7 Å². The van der Waals surface area contributed by atoms with Crippen molar-refractivity contribution in [2.24, 2.45) is 0 Å². The Morgan fingerprint density at radius 1 is 1.22 bits per heavy atom. The molecule has 0 atom stereocenters. The highest BCUT2D eigenvalue weighted by atomic mass is 35.5. The summed E-state index contributed by atoms with van der Waals surface area (Å²) in [6, 6.07) is 7.45. The first-order valence-corrected chi connectivity index (χ1v) is 5.77. The Hall–Kier alpha value is -2.14. The lowest BCUT2D eigenvalue weighted by molar-refractivity contribution is 0.890. The predicted molar refractivity (Wildman–Crippen MR) is 70.8 cm³/mol. The number of aromatic nitrogens is 4. The van der Waals surface area contributed by atoms with Crippen molar-refractivity contribution in [3.05, 3.63) is 41.3 Å². The van der Waals surface area contributed by atoms with Crippen molar-refractivity contribution < 1.29 is 0 Å². The van der Waals surface area contributed by atoms with E-state index in [0.717, 1.165) is 11.1 Å². The summed E-state index contributed by atoms with van der Waals surface area (Å²) >= 11 is 6.16. The summed E-state index contributed by atoms with van der Waals surface area (Å²) in [4.78, 5) is 8.48. The molecule has 90 valence electrons. The lowest BCUT2D eigenvalue weighted by Crippen LogP contribution is -2.01. The molecule has 6 heteroatoms. The highest BCUT2D eigenvalue weighted by Crippen LogP contribution is 2.24. The summed E-state index contributed by atoms with van der Waals surface area (Å²) in [5.41, 5.74) is 7.28. The van der Waals surface area contributed by atoms with Crippen molar-refractivity contribution in [3.63, 3.8) is 0 Å². The minimum absolute atomic E-state index is 0.427. The van der Waals surface area contributed by atoms with Gasteiger partial charge in [0.05, 0.1) is 22.3 Å². The van der Waals surface area contributed by atoms with Gasteiger partial charge in [-0.2, -0.15) is 5.10 Å². The Bertz CT molecular complexity index is 734. The van der Waals surface area contributed by atoms with E-state index < -0.39 is 0 Å². The minimum Gasteiger partial charge on any atom is -0.383 e. The Morgan fingerprint density at radius 3 is 2.78 bits per heavy atom. The fraction of sp³-hybridized carbons (Fsp3) is 0.0833. The molecule has 2 aromatic heterocycles. The van der Waals surface area contributed by atoms with Gasteiger partial charge >= 0.3 is 0 Å². The molecule has 0 amide bonds. The molecule has 1 aromatic carbocycles. The number of fused-ring (bicyclic) bond motifs is 1. The number of rotatable bonds is 1. The van der Waals surface area contributed by atoms with Gasteiger partial charge in [-0.25, -0.2) is 14.6 Å². The summed E-state index contributed by atoms with van der Waals surface area (Å²) < 4.78 is 1.67. The van der Waals surface area contributed by atoms with Crippen LogP contribution in [0.3, 0.4) is 0 Å². The van der Waals surface area contributed by atoms with Crippen LogP contribution in [0.4, 0.5) is 5.82 Å². The Labute approximate surface area is 108 Å². The molecule has 3 aromatic rings. The quantitative estimate of drug-likeness (QED) is 0.728. The summed E-state index contributed by atoms with van der Waals surface area (Å²) in [5, 5.41) is 5.61. The maximum atomic E-state index is 6.16. The molecule has 0 saturated heterocycles. The average Bonchev–Trinajstić information content (AvgIpc) is 2.73. The summed E-state index contributed by atoms with van der Waals surface area (Å²) in [5.74, 6) is 1.03. The summed E-state index contributed by atoms with van der Waals surface area (Å²) in [6.07, 6.45) is 1.65. The zero-order valence-corrected chi connectivity index (χ0v) is 10.4. The number of aryl methyl sites for hydroxylation is 1. The van der Waals surface area contributed by atoms with E-state index in [4.69, 9.17) is 17.3 Å². The molecule has 0 aliphatic heterocycles. The molecule has 0 bridgehead atoms. The van der Waals surface area contributed by atoms with Crippen LogP contribution in [-0.2, 0) is 0 Å². The van der Waals surface area contributed by atoms with Gasteiger partial charge < -0.3 is 5.73 Å². The maximum absolute atomic E-state index is 6.16. The normalized spacial score (nSPS) is 11.0. The lowest BCUT2D eigenvalue weighted by Gasteiger charge is -2.05. The molecule has 0 aliphatic rings. The van der Waals surface area contributed by atoms with Crippen molar-refractivity contribution in [3.8, 4) is 5.69 Å². The van der Waals surface area contributed by atoms with Crippen LogP contribution in [0.5, 0.6) is 0 Å². The van der Waals surface area contributed by atoms with Gasteiger partial charge in [0.1, 0.15) is 11.6 Å². The molecule has 0 spiro atoms. The number of hydrogen-bond donors (Lipinski definition) is 1. The molecule has 0 unspecified atom stereocenters. The van der Waals surface area contributed by atoms with Crippen LogP contribution < -0.4 is 5.73 Å². The smallest absolute Gasteiger partial charge is 0.168 e. The molecule has 0 aliphatic carbocycles. The molecule has 0 fully saturated rings. The first-order chi connectivity index (χ1) is 8.66. The third-order valence-corrected chi connectivity index (χ3v) is 2.97. The third kappa shape index (κ3) is 1.60. The van der Waals surface area contributed by atoms with Crippen LogP contribution in [0.15, 0.2) is 30.5 Å². The van der Waals surface area contributed by atoms with E-state index in [1.54, 1.807) is 17.8 Å². The van der Waals surface area contributed by atoms with Crippen LogP contribution in [0.25, 0.3) is 16.7 Å². The van der Waals surface area contributed by atoms with Gasteiger partial charge in [0.15, 0.2) is 5.65 Å². The SMILES string of the molecule is Cc1nc(N)c2cnn(-c3ccccc3Cl)c2n1. The number of benzene rings is 1. The molecule has 2 heterocycles. The van der Waals surface area contributed by atoms with Crippen molar-refractivity contribution >= 4 is 28.5 Å². The van der Waals surface area contributed by atoms with Gasteiger partial charge in [0.25, 0.3) is 0 Å². The Morgan fingerprint density at radius 2 is 2.00 bits per heavy atom. The molecular formula is C12H10ClN5. The Kier molecular flexibility index (Phi) is 2.41. The van der Waals surface area contributed by atoms with Crippen molar-refractivity contribution in [1.29, 1.82) is 0 Å². The van der Waals surface area contributed by atoms with E-state index in [-0.39, 0.29) is 0 Å². The minimum atomic E-state index is 0.427. The maximum Gasteiger partial charge on any atom is 0.168 e. The monoisotopic (exact) mass is 259 g/mol. The second-order valence-corrected chi connectivity index (χ2v) is 4.31. The van der Waals surface area contributed by atoms with Gasteiger partial charge in [0, 0.05) is 0 Å². The van der Waals surface area contributed by atoms with E-state index >= 15 is 0 Å². The number of halogens is 1. The number of nitrogens with two attached hydrogens (primary N) is 1. The average molecular weight is 260 g/mol. The predicted octanol–water partition coefficient (Wildman–Crippen LogP) is 2.36. The van der Waals surface area contributed by atoms with Crippen molar-refractivity contribution in [1.82, 2.24) is 19.7 Å². The van der Waals surface area contributed by atoms with Gasteiger partial charge in [-0.05, 0) is 19.1 Å². The van der Waals surface area contributed by atoms with Crippen LogP contribution in [-0.4, -0.2) is 19.7 Å². The first-order valence-electron chi connectivity index (χ1n) is 5.39. The fourth-order valence-corrected chi connectivity index (χ4v) is 2.06. The second-order valence-electron chi connectivity index (χ2n) is 3.90. The third-order valence-electron chi connectivity index (χ3n) is 2.65. The molecule has 0 radical (unpaired) electrons. The topological polar surface area (TPSA) is 69.6 Å². The van der Waals surface area contributed by atoms with Crippen LogP contribution in [0.1, 0.15) is 5.82 Å². The van der Waals surface area contributed by atoms with Gasteiger partial charge in [0.2, 0.25) is 0 Å². The molecule has 5 nitrogen and oxygen atoms in total. The van der Waals surface area contributed by atoms with E-state index in [9.17, 15) is 0 Å². The van der Waals surface area contributed by atoms with Crippen LogP contribution in [0, 0.1) is 6.92 Å². The van der Waals surface area contributed by atoms with Gasteiger partial charge in [-0.15, -0.1) is 0 Å². The molecule has 3 rings (SSSR count). The number of para-hydroxylation sites is 1. The van der Waals surface area contributed by atoms with E-state index in [1.807, 2.05) is 24.3 Å². The van der Waals surface area contributed by atoms with Crippen molar-refractivity contribution in [2.45, 2.75) is 6.92 Å². The number of nitrogens with zero attached hydrogens (tertiary/aromatic N) is 4. The molecule has 18 heavy (non-hydrogen) atoms. The zero-order valence-electron chi connectivity index (χ0n) is 9.63. The molecular weight excluding hydrogens is 250 g/mol. The largest absolute Gasteiger partial charge is 0.383 e. The zero-order chi connectivity index (χ0) is 12.7. The molecule has 0 saturated carbocycles. The number of nitrogen functional groups attached to an aromatic ring is 1. The lowest BCUT2D eigenvalue weighted by atomic mass is 10.3. The van der Waals surface area contributed by atoms with E-state index in [2.05, 4.69) is 15.1 Å². The summed E-state index contributed by atoms with van der Waals surface area (Å²) in [7, 11) is 0.